The summed E-state index contributed by atoms with van der Waals surface area (Å²) in [6.45, 7) is 0. The average Bonchev–Trinajstić information content (AvgIpc) is 2.41. The van der Waals surface area contributed by atoms with Gasteiger partial charge in [0.25, 0.3) is 0 Å². The highest BCUT2D eigenvalue weighted by Crippen LogP contribution is 2.30. The van der Waals surface area contributed by atoms with E-state index in [0.717, 1.165) is 18.2 Å². The molecule has 0 saturated heterocycles. The molecule has 0 bridgehead atoms. The zero-order valence-corrected chi connectivity index (χ0v) is 10.7. The molecule has 2 rings (SSSR count). The number of rotatable bonds is 3. The van der Waals surface area contributed by atoms with Crippen LogP contribution in [0.15, 0.2) is 42.5 Å². The molecule has 0 heterocycles. The fraction of sp³-hybridized carbons (Fsp3) is 0.133. The van der Waals surface area contributed by atoms with Gasteiger partial charge in [0.05, 0.1) is 11.3 Å². The van der Waals surface area contributed by atoms with Gasteiger partial charge in [-0.25, -0.2) is 4.39 Å². The first kappa shape index (κ1) is 15.0. The van der Waals surface area contributed by atoms with Crippen molar-refractivity contribution in [2.24, 2.45) is 0 Å². The lowest BCUT2D eigenvalue weighted by Gasteiger charge is -2.09. The number of alkyl halides is 3. The van der Waals surface area contributed by atoms with Gasteiger partial charge in [-0.2, -0.15) is 13.2 Å². The molecule has 0 fully saturated rings. The van der Waals surface area contributed by atoms with Crippen molar-refractivity contribution in [2.75, 3.05) is 5.73 Å². The second-order valence-corrected chi connectivity index (χ2v) is 4.50. The second-order valence-electron chi connectivity index (χ2n) is 4.50. The summed E-state index contributed by atoms with van der Waals surface area (Å²) in [5, 5.41) is 0. The monoisotopic (exact) mass is 297 g/mol. The summed E-state index contributed by atoms with van der Waals surface area (Å²) in [5.74, 6) is -1.27. The van der Waals surface area contributed by atoms with Crippen molar-refractivity contribution in [3.63, 3.8) is 0 Å². The van der Waals surface area contributed by atoms with Gasteiger partial charge in [-0.1, -0.05) is 24.3 Å². The van der Waals surface area contributed by atoms with Crippen LogP contribution >= 0.6 is 0 Å². The van der Waals surface area contributed by atoms with Crippen LogP contribution in [0.3, 0.4) is 0 Å². The minimum atomic E-state index is -4.48. The highest BCUT2D eigenvalue weighted by Gasteiger charge is 2.30. The standard InChI is InChI=1S/C15H11F4NO/c16-12-6-2-5-11(14(12)20)13(21)8-9-3-1-4-10(7-9)15(17,18)19/h1-7H,8,20H2. The molecule has 6 heteroatoms. The lowest BCUT2D eigenvalue weighted by atomic mass is 10.00. The molecule has 2 aromatic carbocycles. The van der Waals surface area contributed by atoms with Crippen LogP contribution in [0.5, 0.6) is 0 Å². The maximum atomic E-state index is 13.3. The lowest BCUT2D eigenvalue weighted by molar-refractivity contribution is -0.137. The zero-order chi connectivity index (χ0) is 15.6. The Labute approximate surface area is 118 Å². The third-order valence-corrected chi connectivity index (χ3v) is 2.97. The zero-order valence-electron chi connectivity index (χ0n) is 10.7. The van der Waals surface area contributed by atoms with Gasteiger partial charge in [-0.05, 0) is 23.8 Å². The topological polar surface area (TPSA) is 43.1 Å². The van der Waals surface area contributed by atoms with Crippen LogP contribution in [0, 0.1) is 5.82 Å². The van der Waals surface area contributed by atoms with E-state index in [9.17, 15) is 22.4 Å². The third-order valence-electron chi connectivity index (χ3n) is 2.97. The Kier molecular flexibility index (Phi) is 3.97. The number of hydrogen-bond acceptors (Lipinski definition) is 2. The molecule has 2 N–H and O–H groups in total. The molecule has 110 valence electrons. The van der Waals surface area contributed by atoms with E-state index in [2.05, 4.69) is 0 Å². The fourth-order valence-electron chi connectivity index (χ4n) is 1.92. The van der Waals surface area contributed by atoms with Gasteiger partial charge < -0.3 is 5.73 Å². The molecule has 0 unspecified atom stereocenters. The van der Waals surface area contributed by atoms with E-state index in [-0.39, 0.29) is 23.2 Å². The molecule has 0 aliphatic rings. The normalized spacial score (nSPS) is 11.4. The quantitative estimate of drug-likeness (QED) is 0.531. The number of nitrogens with two attached hydrogens (primary N) is 1. The Morgan fingerprint density at radius 2 is 1.76 bits per heavy atom. The first-order chi connectivity index (χ1) is 9.79. The Balaban J connectivity index is 2.26. The van der Waals surface area contributed by atoms with Crippen molar-refractivity contribution in [3.8, 4) is 0 Å². The number of anilines is 1. The molecule has 0 spiro atoms. The number of hydrogen-bond donors (Lipinski definition) is 1. The van der Waals surface area contributed by atoms with E-state index in [1.807, 2.05) is 0 Å². The van der Waals surface area contributed by atoms with Gasteiger partial charge in [0.1, 0.15) is 5.82 Å². The Morgan fingerprint density at radius 3 is 2.43 bits per heavy atom. The van der Waals surface area contributed by atoms with Crippen molar-refractivity contribution >= 4 is 11.5 Å². The van der Waals surface area contributed by atoms with E-state index in [1.165, 1.54) is 24.3 Å². The molecule has 0 aliphatic heterocycles. The number of Topliss-reactive ketones (excluding diaryl/α,β-unsaturated/α-hetero) is 1. The van der Waals surface area contributed by atoms with E-state index < -0.39 is 23.3 Å². The summed E-state index contributed by atoms with van der Waals surface area (Å²) < 4.78 is 51.0. The molecule has 0 radical (unpaired) electrons. The Morgan fingerprint density at radius 1 is 1.10 bits per heavy atom. The molecule has 0 aromatic heterocycles. The van der Waals surface area contributed by atoms with Crippen molar-refractivity contribution in [2.45, 2.75) is 12.6 Å². The van der Waals surface area contributed by atoms with Gasteiger partial charge >= 0.3 is 6.18 Å². The molecular formula is C15H11F4NO. The smallest absolute Gasteiger partial charge is 0.396 e. The lowest BCUT2D eigenvalue weighted by Crippen LogP contribution is -2.10. The van der Waals surface area contributed by atoms with E-state index in [0.29, 0.717) is 0 Å². The molecule has 0 aliphatic carbocycles. The highest BCUT2D eigenvalue weighted by atomic mass is 19.4. The first-order valence-corrected chi connectivity index (χ1v) is 6.02. The molecule has 0 saturated carbocycles. The highest BCUT2D eigenvalue weighted by molar-refractivity contribution is 6.02. The first-order valence-electron chi connectivity index (χ1n) is 6.02. The summed E-state index contributed by atoms with van der Waals surface area (Å²) >= 11 is 0. The number of para-hydroxylation sites is 1. The minimum absolute atomic E-state index is 0.0348. The van der Waals surface area contributed by atoms with E-state index >= 15 is 0 Å². The van der Waals surface area contributed by atoms with E-state index in [1.54, 1.807) is 0 Å². The summed E-state index contributed by atoms with van der Waals surface area (Å²) in [4.78, 5) is 12.0. The van der Waals surface area contributed by atoms with Gasteiger partial charge in [-0.15, -0.1) is 0 Å². The molecule has 2 aromatic rings. The number of carbonyl (C=O) groups is 1. The summed E-state index contributed by atoms with van der Waals surface area (Å²) in [6.07, 6.45) is -4.76. The predicted molar refractivity (Wildman–Crippen MR) is 70.3 cm³/mol. The van der Waals surface area contributed by atoms with E-state index in [4.69, 9.17) is 5.73 Å². The van der Waals surface area contributed by atoms with Crippen LogP contribution < -0.4 is 5.73 Å². The SMILES string of the molecule is Nc1c(F)cccc1C(=O)Cc1cccc(C(F)(F)F)c1. The van der Waals surface area contributed by atoms with Gasteiger partial charge in [0.2, 0.25) is 0 Å². The molecule has 0 atom stereocenters. The van der Waals surface area contributed by atoms with Crippen molar-refractivity contribution in [1.29, 1.82) is 0 Å². The predicted octanol–water partition coefficient (Wildman–Crippen LogP) is 3.85. The molecule has 0 amide bonds. The Hall–Kier alpha value is -2.37. The fourth-order valence-corrected chi connectivity index (χ4v) is 1.92. The number of carbonyl (C=O) groups excluding carboxylic acids is 1. The number of halogens is 4. The van der Waals surface area contributed by atoms with Crippen LogP contribution in [0.25, 0.3) is 0 Å². The summed E-state index contributed by atoms with van der Waals surface area (Å²) in [7, 11) is 0. The van der Waals surface area contributed by atoms with Gasteiger partial charge in [0.15, 0.2) is 5.78 Å². The van der Waals surface area contributed by atoms with Crippen molar-refractivity contribution in [3.05, 3.63) is 65.0 Å². The molecule has 21 heavy (non-hydrogen) atoms. The van der Waals surface area contributed by atoms with Gasteiger partial charge in [0, 0.05) is 12.0 Å². The van der Waals surface area contributed by atoms with Crippen LogP contribution in [0.4, 0.5) is 23.2 Å². The van der Waals surface area contributed by atoms with Crippen LogP contribution in [0.2, 0.25) is 0 Å². The number of ketones is 1. The molecular weight excluding hydrogens is 286 g/mol. The minimum Gasteiger partial charge on any atom is -0.396 e. The maximum Gasteiger partial charge on any atom is 0.416 e. The Bertz CT molecular complexity index is 680. The van der Waals surface area contributed by atoms with Crippen molar-refractivity contribution < 1.29 is 22.4 Å². The van der Waals surface area contributed by atoms with Crippen LogP contribution in [0.1, 0.15) is 21.5 Å². The third kappa shape index (κ3) is 3.39. The second kappa shape index (κ2) is 5.55. The maximum absolute atomic E-state index is 13.3. The number of benzene rings is 2. The van der Waals surface area contributed by atoms with Gasteiger partial charge in [-0.3, -0.25) is 4.79 Å². The summed E-state index contributed by atoms with van der Waals surface area (Å²) in [5.41, 5.74) is 4.49. The summed E-state index contributed by atoms with van der Waals surface area (Å²) in [6, 6.07) is 8.22. The average molecular weight is 297 g/mol. The molecule has 2 nitrogen and oxygen atoms in total. The van der Waals surface area contributed by atoms with Crippen molar-refractivity contribution in [1.82, 2.24) is 0 Å². The van der Waals surface area contributed by atoms with Crippen LogP contribution in [-0.2, 0) is 12.6 Å². The number of nitrogen functional groups attached to an aromatic ring is 1. The largest absolute Gasteiger partial charge is 0.416 e. The van der Waals surface area contributed by atoms with Crippen LogP contribution in [-0.4, -0.2) is 5.78 Å².